The lowest BCUT2D eigenvalue weighted by molar-refractivity contribution is 0.0240. The van der Waals surface area contributed by atoms with Gasteiger partial charge in [0.05, 0.1) is 5.52 Å². The molecule has 8 heteroatoms. The Morgan fingerprint density at radius 1 is 1.23 bits per heavy atom. The van der Waals surface area contributed by atoms with Crippen molar-refractivity contribution in [2.45, 2.75) is 39.7 Å². The molecule has 0 radical (unpaired) electrons. The normalized spacial score (nSPS) is 15.4. The van der Waals surface area contributed by atoms with Crippen LogP contribution in [0.4, 0.5) is 10.6 Å². The van der Waals surface area contributed by atoms with Crippen molar-refractivity contribution < 1.29 is 9.53 Å². The maximum atomic E-state index is 12.2. The number of aromatic nitrogens is 3. The van der Waals surface area contributed by atoms with Gasteiger partial charge in [-0.15, -0.1) is 0 Å². The molecule has 3 heterocycles. The van der Waals surface area contributed by atoms with E-state index in [0.29, 0.717) is 26.2 Å². The second-order valence-electron chi connectivity index (χ2n) is 7.29. The fourth-order valence-corrected chi connectivity index (χ4v) is 3.15. The summed E-state index contributed by atoms with van der Waals surface area (Å²) in [4.78, 5) is 30.0. The van der Waals surface area contributed by atoms with Gasteiger partial charge in [0.1, 0.15) is 16.9 Å². The van der Waals surface area contributed by atoms with Crippen LogP contribution in [-0.2, 0) is 11.2 Å². The number of rotatable bonds is 2. The summed E-state index contributed by atoms with van der Waals surface area (Å²) in [5, 5.41) is 0. The summed E-state index contributed by atoms with van der Waals surface area (Å²) >= 11 is 3.45. The molecule has 1 fully saturated rings. The van der Waals surface area contributed by atoms with Gasteiger partial charge in [-0.2, -0.15) is 0 Å². The summed E-state index contributed by atoms with van der Waals surface area (Å²) in [7, 11) is 0. The third kappa shape index (κ3) is 4.23. The van der Waals surface area contributed by atoms with Gasteiger partial charge < -0.3 is 14.5 Å². The number of fused-ring (bicyclic) bond motifs is 1. The van der Waals surface area contributed by atoms with Crippen molar-refractivity contribution in [3.05, 3.63) is 22.6 Å². The zero-order valence-corrected chi connectivity index (χ0v) is 17.2. The summed E-state index contributed by atoms with van der Waals surface area (Å²) in [6.45, 7) is 10.2. The Morgan fingerprint density at radius 2 is 1.92 bits per heavy atom. The average molecular weight is 422 g/mol. The lowest BCUT2D eigenvalue weighted by atomic mass is 10.2. The van der Waals surface area contributed by atoms with E-state index in [2.05, 4.69) is 30.8 Å². The van der Waals surface area contributed by atoms with Crippen LogP contribution < -0.4 is 4.90 Å². The number of amides is 1. The van der Waals surface area contributed by atoms with E-state index in [1.54, 1.807) is 11.1 Å². The molecule has 0 aromatic carbocycles. The molecule has 3 rings (SSSR count). The van der Waals surface area contributed by atoms with E-state index < -0.39 is 5.60 Å². The molecule has 1 amide bonds. The summed E-state index contributed by atoms with van der Waals surface area (Å²) in [6.07, 6.45) is 2.26. The molecular formula is C18H24BrN5O2. The molecular weight excluding hydrogens is 398 g/mol. The maximum absolute atomic E-state index is 12.2. The van der Waals surface area contributed by atoms with Crippen molar-refractivity contribution in [2.24, 2.45) is 0 Å². The quantitative estimate of drug-likeness (QED) is 0.739. The third-order valence-electron chi connectivity index (χ3n) is 4.08. The fourth-order valence-electron chi connectivity index (χ4n) is 2.83. The Balaban J connectivity index is 1.80. The van der Waals surface area contributed by atoms with E-state index in [0.717, 1.165) is 33.6 Å². The largest absolute Gasteiger partial charge is 0.444 e. The van der Waals surface area contributed by atoms with Gasteiger partial charge in [-0.3, -0.25) is 0 Å². The van der Waals surface area contributed by atoms with Crippen LogP contribution in [0.2, 0.25) is 0 Å². The molecule has 1 aliphatic rings. The Bertz CT molecular complexity index is 813. The highest BCUT2D eigenvalue weighted by molar-refractivity contribution is 9.10. The van der Waals surface area contributed by atoms with Gasteiger partial charge in [-0.05, 0) is 42.8 Å². The predicted octanol–water partition coefficient (Wildman–Crippen LogP) is 3.41. The fraction of sp³-hybridized carbons (Fsp3) is 0.556. The number of hydrogen-bond donors (Lipinski definition) is 0. The van der Waals surface area contributed by atoms with E-state index in [1.807, 2.05) is 33.8 Å². The van der Waals surface area contributed by atoms with Crippen molar-refractivity contribution in [1.82, 2.24) is 19.9 Å². The first-order valence-electron chi connectivity index (χ1n) is 8.82. The monoisotopic (exact) mass is 421 g/mol. The zero-order chi connectivity index (χ0) is 18.9. The Hall–Kier alpha value is -1.96. The number of ether oxygens (including phenoxy) is 1. The molecule has 7 nitrogen and oxygen atoms in total. The van der Waals surface area contributed by atoms with Crippen LogP contribution in [0.15, 0.2) is 16.7 Å². The van der Waals surface area contributed by atoms with Crippen molar-refractivity contribution in [1.29, 1.82) is 0 Å². The van der Waals surface area contributed by atoms with Gasteiger partial charge in [-0.1, -0.05) is 6.92 Å². The van der Waals surface area contributed by atoms with E-state index >= 15 is 0 Å². The number of carbonyl (C=O) groups is 1. The third-order valence-corrected chi connectivity index (χ3v) is 4.51. The standard InChI is InChI=1S/C18H24BrN5O2/c1-5-14-21-13-10-12(19)11-20-15(13)16(22-14)23-6-8-24(9-7-23)17(25)26-18(2,3)4/h10-11H,5-9H2,1-4H3. The van der Waals surface area contributed by atoms with E-state index in [4.69, 9.17) is 9.72 Å². The molecule has 0 saturated carbocycles. The highest BCUT2D eigenvalue weighted by atomic mass is 79.9. The highest BCUT2D eigenvalue weighted by Gasteiger charge is 2.27. The van der Waals surface area contributed by atoms with Crippen LogP contribution in [0.1, 0.15) is 33.5 Å². The van der Waals surface area contributed by atoms with E-state index in [9.17, 15) is 4.79 Å². The van der Waals surface area contributed by atoms with Crippen LogP contribution >= 0.6 is 15.9 Å². The molecule has 0 unspecified atom stereocenters. The van der Waals surface area contributed by atoms with E-state index in [1.165, 1.54) is 0 Å². The topological polar surface area (TPSA) is 71.5 Å². The number of pyridine rings is 1. The smallest absolute Gasteiger partial charge is 0.410 e. The maximum Gasteiger partial charge on any atom is 0.410 e. The number of halogens is 1. The Kier molecular flexibility index (Phi) is 5.32. The van der Waals surface area contributed by atoms with Crippen molar-refractivity contribution in [3.8, 4) is 0 Å². The van der Waals surface area contributed by atoms with Crippen molar-refractivity contribution >= 4 is 38.9 Å². The highest BCUT2D eigenvalue weighted by Crippen LogP contribution is 2.25. The predicted molar refractivity (Wildman–Crippen MR) is 104 cm³/mol. The SMILES string of the molecule is CCc1nc(N2CCN(C(=O)OC(C)(C)C)CC2)c2ncc(Br)cc2n1. The minimum atomic E-state index is -0.482. The minimum Gasteiger partial charge on any atom is -0.444 e. The van der Waals surface area contributed by atoms with Crippen LogP contribution in [0.5, 0.6) is 0 Å². The van der Waals surface area contributed by atoms with Gasteiger partial charge in [0.25, 0.3) is 0 Å². The summed E-state index contributed by atoms with van der Waals surface area (Å²) in [6, 6.07) is 1.96. The Labute approximate surface area is 161 Å². The molecule has 2 aromatic heterocycles. The van der Waals surface area contributed by atoms with Crippen LogP contribution in [0.3, 0.4) is 0 Å². The molecule has 26 heavy (non-hydrogen) atoms. The molecule has 1 aliphatic heterocycles. The average Bonchev–Trinajstić information content (AvgIpc) is 2.59. The van der Waals surface area contributed by atoms with Crippen LogP contribution in [0.25, 0.3) is 11.0 Å². The first kappa shape index (κ1) is 18.8. The first-order chi connectivity index (χ1) is 12.3. The number of aryl methyl sites for hydroxylation is 1. The number of hydrogen-bond acceptors (Lipinski definition) is 6. The van der Waals surface area contributed by atoms with Crippen LogP contribution in [-0.4, -0.2) is 57.7 Å². The summed E-state index contributed by atoms with van der Waals surface area (Å²) < 4.78 is 6.36. The lowest BCUT2D eigenvalue weighted by Gasteiger charge is -2.36. The van der Waals surface area contributed by atoms with Crippen LogP contribution in [0, 0.1) is 0 Å². The van der Waals surface area contributed by atoms with Crippen molar-refractivity contribution in [3.63, 3.8) is 0 Å². The van der Waals surface area contributed by atoms with E-state index in [-0.39, 0.29) is 6.09 Å². The lowest BCUT2D eigenvalue weighted by Crippen LogP contribution is -2.50. The molecule has 0 atom stereocenters. The van der Waals surface area contributed by atoms with Gasteiger partial charge in [-0.25, -0.2) is 19.7 Å². The minimum absolute atomic E-state index is 0.263. The molecule has 2 aromatic rings. The van der Waals surface area contributed by atoms with Crippen molar-refractivity contribution in [2.75, 3.05) is 31.1 Å². The first-order valence-corrected chi connectivity index (χ1v) is 9.61. The molecule has 140 valence electrons. The number of anilines is 1. The second-order valence-corrected chi connectivity index (χ2v) is 8.21. The summed E-state index contributed by atoms with van der Waals surface area (Å²) in [5.74, 6) is 1.63. The molecule has 1 saturated heterocycles. The molecule has 0 bridgehead atoms. The number of carbonyl (C=O) groups excluding carboxylic acids is 1. The molecule has 0 aliphatic carbocycles. The molecule has 0 spiro atoms. The van der Waals surface area contributed by atoms with Gasteiger partial charge >= 0.3 is 6.09 Å². The molecule has 0 N–H and O–H groups in total. The second kappa shape index (κ2) is 7.34. The van der Waals surface area contributed by atoms with Gasteiger partial charge in [0, 0.05) is 43.3 Å². The summed E-state index contributed by atoms with van der Waals surface area (Å²) in [5.41, 5.74) is 1.14. The zero-order valence-electron chi connectivity index (χ0n) is 15.6. The number of nitrogens with zero attached hydrogens (tertiary/aromatic N) is 5. The number of piperazine rings is 1. The van der Waals surface area contributed by atoms with Gasteiger partial charge in [0.2, 0.25) is 0 Å². The van der Waals surface area contributed by atoms with Gasteiger partial charge in [0.15, 0.2) is 5.82 Å². The Morgan fingerprint density at radius 3 is 2.54 bits per heavy atom.